The van der Waals surface area contributed by atoms with E-state index in [9.17, 15) is 5.26 Å². The van der Waals surface area contributed by atoms with Gasteiger partial charge in [-0.1, -0.05) is 152 Å². The minimum atomic E-state index is -4.61. The molecule has 0 saturated heterocycles. The van der Waals surface area contributed by atoms with Crippen molar-refractivity contribution in [3.05, 3.63) is 239 Å². The first-order valence-corrected chi connectivity index (χ1v) is 24.5. The van der Waals surface area contributed by atoms with Crippen LogP contribution in [-0.4, -0.2) is 9.13 Å². The Hall–Kier alpha value is -8.92. The Morgan fingerprint density at radius 1 is 0.356 bits per heavy atom. The summed E-state index contributed by atoms with van der Waals surface area (Å²) < 4.78 is 49.5. The van der Waals surface area contributed by atoms with Crippen LogP contribution in [0.1, 0.15) is 38.9 Å². The Labute approximate surface area is 422 Å². The first kappa shape index (κ1) is 45.2. The molecule has 352 valence electrons. The van der Waals surface area contributed by atoms with Gasteiger partial charge in [0.2, 0.25) is 0 Å². The van der Waals surface area contributed by atoms with E-state index in [1.165, 1.54) is 12.1 Å². The maximum atomic E-state index is 15.1. The quantitative estimate of drug-likeness (QED) is 0.157. The van der Waals surface area contributed by atoms with Crippen molar-refractivity contribution >= 4 is 43.6 Å². The van der Waals surface area contributed by atoms with E-state index in [2.05, 4.69) is 164 Å². The van der Waals surface area contributed by atoms with Crippen molar-refractivity contribution in [2.24, 2.45) is 0 Å². The maximum absolute atomic E-state index is 15.1. The smallest absolute Gasteiger partial charge is 0.309 e. The second kappa shape index (κ2) is 17.4. The van der Waals surface area contributed by atoms with Crippen LogP contribution in [0.15, 0.2) is 200 Å². The fourth-order valence-corrected chi connectivity index (χ4v) is 11.2. The third kappa shape index (κ3) is 7.68. The third-order valence-electron chi connectivity index (χ3n) is 14.8. The van der Waals surface area contributed by atoms with Crippen molar-refractivity contribution in [1.82, 2.24) is 9.13 Å². The average Bonchev–Trinajstić information content (AvgIpc) is 3.89. The van der Waals surface area contributed by atoms with Crippen LogP contribution in [0.25, 0.3) is 111 Å². The topological polar surface area (TPSA) is 33.6 Å². The van der Waals surface area contributed by atoms with Crippen LogP contribution in [0.2, 0.25) is 0 Å². The zero-order chi connectivity index (χ0) is 50.3. The minimum absolute atomic E-state index is 0.365. The van der Waals surface area contributed by atoms with Crippen LogP contribution < -0.4 is 0 Å². The Balaban J connectivity index is 1.23. The van der Waals surface area contributed by atoms with Crippen molar-refractivity contribution in [1.29, 1.82) is 5.26 Å². The van der Waals surface area contributed by atoms with Gasteiger partial charge in [-0.3, -0.25) is 0 Å². The lowest BCUT2D eigenvalue weighted by Crippen LogP contribution is -2.07. The van der Waals surface area contributed by atoms with Crippen molar-refractivity contribution in [3.8, 4) is 73.1 Å². The lowest BCUT2D eigenvalue weighted by molar-refractivity contribution is -0.137. The lowest BCUT2D eigenvalue weighted by atomic mass is 9.95. The highest BCUT2D eigenvalue weighted by Crippen LogP contribution is 2.45. The number of aryl methyl sites for hydroxylation is 5. The number of rotatable bonds is 7. The molecule has 0 fully saturated rings. The number of alkyl halides is 3. The van der Waals surface area contributed by atoms with Gasteiger partial charge in [0.1, 0.15) is 6.07 Å². The first-order valence-electron chi connectivity index (χ1n) is 24.5. The molecule has 3 nitrogen and oxygen atoms in total. The zero-order valence-electron chi connectivity index (χ0n) is 41.0. The molecule has 0 unspecified atom stereocenters. The molecule has 73 heavy (non-hydrogen) atoms. The summed E-state index contributed by atoms with van der Waals surface area (Å²) in [6.07, 6.45) is -4.61. The molecule has 2 heterocycles. The number of halogens is 3. The van der Waals surface area contributed by atoms with Crippen molar-refractivity contribution in [2.45, 2.75) is 40.8 Å². The van der Waals surface area contributed by atoms with Crippen LogP contribution in [0.5, 0.6) is 0 Å². The average molecular weight is 952 g/mol. The predicted octanol–water partition coefficient (Wildman–Crippen LogP) is 18.6. The van der Waals surface area contributed by atoms with E-state index in [0.717, 1.165) is 110 Å². The van der Waals surface area contributed by atoms with Crippen molar-refractivity contribution in [3.63, 3.8) is 0 Å². The van der Waals surface area contributed by atoms with Crippen LogP contribution in [0, 0.1) is 45.9 Å². The Kier molecular flexibility index (Phi) is 10.8. The van der Waals surface area contributed by atoms with Crippen LogP contribution in [-0.2, 0) is 6.18 Å². The van der Waals surface area contributed by atoms with Gasteiger partial charge in [0.15, 0.2) is 0 Å². The summed E-state index contributed by atoms with van der Waals surface area (Å²) in [6, 6.07) is 69.7. The number of nitriles is 1. The molecule has 12 aromatic rings. The largest absolute Gasteiger partial charge is 0.416 e. The normalized spacial score (nSPS) is 11.8. The second-order valence-corrected chi connectivity index (χ2v) is 19.4. The molecule has 0 aliphatic rings. The van der Waals surface area contributed by atoms with Gasteiger partial charge < -0.3 is 9.13 Å². The van der Waals surface area contributed by atoms with E-state index < -0.39 is 11.7 Å². The summed E-state index contributed by atoms with van der Waals surface area (Å²) in [5.74, 6) is 0. The Morgan fingerprint density at radius 2 is 0.712 bits per heavy atom. The van der Waals surface area contributed by atoms with Gasteiger partial charge in [0, 0.05) is 27.1 Å². The Morgan fingerprint density at radius 3 is 1.05 bits per heavy atom. The predicted molar refractivity (Wildman–Crippen MR) is 296 cm³/mol. The number of benzene rings is 10. The highest BCUT2D eigenvalue weighted by Gasteiger charge is 2.32. The SMILES string of the molecule is Cc1cc(-c2cc(-n3c4cc(-c5ccccc5C)ccc4c4ccc(-c5ccccc5C)cc43)c(C#N)cc2-n2c3cc(-c4ccccc4C)ccc3c3ccc(-c4ccccc4C)cc32)cc(C(F)(F)F)c1. The standard InChI is InChI=1S/C67H48F3N3/c1-40-30-49(32-51(31-40)67(68,69)70)60-38-61(72-62-33-45(52-18-10-6-14-41(52)2)22-26-56(62)57-27-23-46(34-63(57)72)53-19-11-7-15-42(53)3)50(39-71)37-66(60)73-64-35-47(54-20-12-8-16-43(54)4)24-28-58(64)59-29-25-48(36-65(59)73)55-21-13-9-17-44(55)5/h6-38H,1-5H3. The lowest BCUT2D eigenvalue weighted by Gasteiger charge is -2.20. The molecule has 12 rings (SSSR count). The summed E-state index contributed by atoms with van der Waals surface area (Å²) in [4.78, 5) is 0. The van der Waals surface area contributed by atoms with Gasteiger partial charge in [-0.05, 0) is 161 Å². The summed E-state index contributed by atoms with van der Waals surface area (Å²) in [5, 5.41) is 15.6. The first-order chi connectivity index (χ1) is 35.3. The molecule has 0 bridgehead atoms. The van der Waals surface area contributed by atoms with Gasteiger partial charge in [-0.25, -0.2) is 0 Å². The van der Waals surface area contributed by atoms with Crippen LogP contribution in [0.3, 0.4) is 0 Å². The molecular formula is C67H48F3N3. The number of fused-ring (bicyclic) bond motifs is 6. The van der Waals surface area contributed by atoms with Crippen molar-refractivity contribution in [2.75, 3.05) is 0 Å². The molecule has 6 heteroatoms. The molecule has 0 aliphatic heterocycles. The number of nitrogens with zero attached hydrogens (tertiary/aromatic N) is 3. The molecule has 0 radical (unpaired) electrons. The van der Waals surface area contributed by atoms with E-state index >= 15 is 13.2 Å². The monoisotopic (exact) mass is 951 g/mol. The summed E-state index contributed by atoms with van der Waals surface area (Å²) in [7, 11) is 0. The second-order valence-electron chi connectivity index (χ2n) is 19.4. The van der Waals surface area contributed by atoms with E-state index in [4.69, 9.17) is 0 Å². The number of hydrogen-bond acceptors (Lipinski definition) is 1. The summed E-state index contributed by atoms with van der Waals surface area (Å²) in [5.41, 5.74) is 18.4. The molecule has 2 aromatic heterocycles. The highest BCUT2D eigenvalue weighted by molar-refractivity contribution is 6.13. The summed E-state index contributed by atoms with van der Waals surface area (Å²) in [6.45, 7) is 10.1. The molecule has 0 amide bonds. The Bertz CT molecular complexity index is 4070. The molecule has 0 spiro atoms. The van der Waals surface area contributed by atoms with Gasteiger partial charge in [0.25, 0.3) is 0 Å². The number of aromatic nitrogens is 2. The zero-order valence-corrected chi connectivity index (χ0v) is 41.0. The fraction of sp³-hybridized carbons (Fsp3) is 0.0896. The molecule has 0 aliphatic carbocycles. The third-order valence-corrected chi connectivity index (χ3v) is 14.8. The molecular weight excluding hydrogens is 904 g/mol. The van der Waals surface area contributed by atoms with Gasteiger partial charge >= 0.3 is 6.18 Å². The molecule has 0 N–H and O–H groups in total. The van der Waals surface area contributed by atoms with Crippen LogP contribution in [0.4, 0.5) is 13.2 Å². The highest BCUT2D eigenvalue weighted by atomic mass is 19.4. The van der Waals surface area contributed by atoms with E-state index in [0.29, 0.717) is 33.6 Å². The van der Waals surface area contributed by atoms with E-state index in [1.807, 2.05) is 66.7 Å². The fourth-order valence-electron chi connectivity index (χ4n) is 11.2. The van der Waals surface area contributed by atoms with E-state index in [-0.39, 0.29) is 0 Å². The van der Waals surface area contributed by atoms with Crippen LogP contribution >= 0.6 is 0 Å². The van der Waals surface area contributed by atoms with Gasteiger partial charge in [0.05, 0.1) is 44.6 Å². The maximum Gasteiger partial charge on any atom is 0.416 e. The number of hydrogen-bond donors (Lipinski definition) is 0. The summed E-state index contributed by atoms with van der Waals surface area (Å²) >= 11 is 0. The van der Waals surface area contributed by atoms with Crippen molar-refractivity contribution < 1.29 is 13.2 Å². The minimum Gasteiger partial charge on any atom is -0.309 e. The molecule has 10 aromatic carbocycles. The molecule has 0 saturated carbocycles. The molecule has 0 atom stereocenters. The van der Waals surface area contributed by atoms with Gasteiger partial charge in [-0.15, -0.1) is 0 Å². The van der Waals surface area contributed by atoms with E-state index in [1.54, 1.807) is 6.92 Å². The van der Waals surface area contributed by atoms with Gasteiger partial charge in [-0.2, -0.15) is 18.4 Å².